The van der Waals surface area contributed by atoms with Crippen LogP contribution < -0.4 is 10.6 Å². The van der Waals surface area contributed by atoms with Crippen molar-refractivity contribution < 1.29 is 0 Å². The van der Waals surface area contributed by atoms with Crippen LogP contribution in [0.25, 0.3) is 11.3 Å². The molecule has 0 unspecified atom stereocenters. The Labute approximate surface area is 146 Å². The lowest BCUT2D eigenvalue weighted by atomic mass is 10.1. The van der Waals surface area contributed by atoms with E-state index in [1.165, 1.54) is 0 Å². The Morgan fingerprint density at radius 2 is 1.71 bits per heavy atom. The Hall–Kier alpha value is -2.59. The van der Waals surface area contributed by atoms with Crippen LogP contribution in [0.3, 0.4) is 0 Å². The molecule has 0 saturated carbocycles. The van der Waals surface area contributed by atoms with E-state index in [0.29, 0.717) is 11.0 Å². The van der Waals surface area contributed by atoms with E-state index in [0.717, 1.165) is 35.7 Å². The summed E-state index contributed by atoms with van der Waals surface area (Å²) in [6.45, 7) is 2.99. The number of benzene rings is 2. The number of rotatable bonds is 6. The minimum absolute atomic E-state index is 0.553. The number of anilines is 3. The summed E-state index contributed by atoms with van der Waals surface area (Å²) in [4.78, 5) is 9.18. The molecule has 5 heteroatoms. The number of hydrogen-bond donors (Lipinski definition) is 2. The van der Waals surface area contributed by atoms with Crippen molar-refractivity contribution in [1.82, 2.24) is 9.97 Å². The number of aromatic nitrogens is 2. The Morgan fingerprint density at radius 1 is 0.958 bits per heavy atom. The maximum atomic E-state index is 5.93. The van der Waals surface area contributed by atoms with Gasteiger partial charge in [0.2, 0.25) is 5.95 Å². The minimum atomic E-state index is 0.553. The molecule has 24 heavy (non-hydrogen) atoms. The zero-order chi connectivity index (χ0) is 16.8. The van der Waals surface area contributed by atoms with E-state index in [4.69, 9.17) is 11.6 Å². The quantitative estimate of drug-likeness (QED) is 0.635. The normalized spacial score (nSPS) is 10.4. The zero-order valence-electron chi connectivity index (χ0n) is 13.5. The molecule has 1 heterocycles. The van der Waals surface area contributed by atoms with E-state index < -0.39 is 0 Å². The van der Waals surface area contributed by atoms with Crippen LogP contribution in [0.5, 0.6) is 0 Å². The van der Waals surface area contributed by atoms with Gasteiger partial charge in [-0.05, 0) is 30.7 Å². The van der Waals surface area contributed by atoms with E-state index >= 15 is 0 Å². The second kappa shape index (κ2) is 7.79. The summed E-state index contributed by atoms with van der Waals surface area (Å²) in [6, 6.07) is 19.5. The Bertz CT molecular complexity index is 788. The molecule has 3 rings (SSSR count). The summed E-state index contributed by atoms with van der Waals surface area (Å²) in [5.74, 6) is 1.36. The lowest BCUT2D eigenvalue weighted by molar-refractivity contribution is 0.966. The van der Waals surface area contributed by atoms with Crippen molar-refractivity contribution >= 4 is 29.1 Å². The fourth-order valence-corrected chi connectivity index (χ4v) is 2.39. The molecular formula is C19H19ClN4. The maximum Gasteiger partial charge on any atom is 0.229 e. The van der Waals surface area contributed by atoms with Crippen molar-refractivity contribution in [1.29, 1.82) is 0 Å². The molecule has 0 fully saturated rings. The molecule has 4 nitrogen and oxygen atoms in total. The third-order valence-corrected chi connectivity index (χ3v) is 3.70. The van der Waals surface area contributed by atoms with Crippen LogP contribution in [0.2, 0.25) is 5.02 Å². The molecule has 0 amide bonds. The maximum absolute atomic E-state index is 5.93. The summed E-state index contributed by atoms with van der Waals surface area (Å²) in [5, 5.41) is 7.26. The highest BCUT2D eigenvalue weighted by Crippen LogP contribution is 2.23. The SMILES string of the molecule is CCCNc1cc(-c2ccccc2)nc(Nc2ccc(Cl)cc2)n1. The van der Waals surface area contributed by atoms with Crippen LogP contribution in [0.4, 0.5) is 17.5 Å². The predicted octanol–water partition coefficient (Wildman–Crippen LogP) is 5.36. The first-order valence-corrected chi connectivity index (χ1v) is 8.33. The Kier molecular flexibility index (Phi) is 5.29. The van der Waals surface area contributed by atoms with Crippen molar-refractivity contribution in [3.63, 3.8) is 0 Å². The molecule has 1 aromatic heterocycles. The fourth-order valence-electron chi connectivity index (χ4n) is 2.27. The first-order valence-electron chi connectivity index (χ1n) is 7.95. The van der Waals surface area contributed by atoms with E-state index in [1.54, 1.807) is 0 Å². The lowest BCUT2D eigenvalue weighted by Gasteiger charge is -2.11. The third-order valence-electron chi connectivity index (χ3n) is 3.45. The van der Waals surface area contributed by atoms with Crippen molar-refractivity contribution in [2.75, 3.05) is 17.2 Å². The molecule has 3 aromatic rings. The largest absolute Gasteiger partial charge is 0.370 e. The van der Waals surface area contributed by atoms with Gasteiger partial charge in [0.05, 0.1) is 5.69 Å². The molecule has 0 spiro atoms. The molecule has 122 valence electrons. The number of halogens is 1. The van der Waals surface area contributed by atoms with Crippen LogP contribution in [0, 0.1) is 0 Å². The van der Waals surface area contributed by atoms with Crippen molar-refractivity contribution in [2.45, 2.75) is 13.3 Å². The summed E-state index contributed by atoms with van der Waals surface area (Å²) in [5.41, 5.74) is 2.82. The smallest absolute Gasteiger partial charge is 0.229 e. The van der Waals surface area contributed by atoms with Gasteiger partial charge in [-0.1, -0.05) is 48.9 Å². The molecule has 0 aliphatic carbocycles. The van der Waals surface area contributed by atoms with Crippen molar-refractivity contribution in [3.05, 3.63) is 65.7 Å². The third kappa shape index (κ3) is 4.24. The second-order valence-corrected chi connectivity index (χ2v) is 5.82. The van der Waals surface area contributed by atoms with Gasteiger partial charge < -0.3 is 10.6 Å². The van der Waals surface area contributed by atoms with Gasteiger partial charge in [-0.15, -0.1) is 0 Å². The average molecular weight is 339 g/mol. The van der Waals surface area contributed by atoms with E-state index in [2.05, 4.69) is 27.5 Å². The van der Waals surface area contributed by atoms with Crippen LogP contribution in [0.15, 0.2) is 60.7 Å². The standard InChI is InChI=1S/C19H19ClN4/c1-2-12-21-18-13-17(14-6-4-3-5-7-14)23-19(24-18)22-16-10-8-15(20)9-11-16/h3-11,13H,2,12H2,1H3,(H2,21,22,23,24). The zero-order valence-corrected chi connectivity index (χ0v) is 14.2. The molecule has 2 N–H and O–H groups in total. The van der Waals surface area contributed by atoms with Crippen LogP contribution in [-0.2, 0) is 0 Å². The van der Waals surface area contributed by atoms with E-state index in [-0.39, 0.29) is 0 Å². The topological polar surface area (TPSA) is 49.8 Å². The van der Waals surface area contributed by atoms with Gasteiger partial charge in [-0.2, -0.15) is 4.98 Å². The summed E-state index contributed by atoms with van der Waals surface area (Å²) in [7, 11) is 0. The lowest BCUT2D eigenvalue weighted by Crippen LogP contribution is -2.06. The number of hydrogen-bond acceptors (Lipinski definition) is 4. The van der Waals surface area contributed by atoms with Gasteiger partial charge in [0, 0.05) is 28.9 Å². The highest BCUT2D eigenvalue weighted by molar-refractivity contribution is 6.30. The highest BCUT2D eigenvalue weighted by atomic mass is 35.5. The molecule has 0 radical (unpaired) electrons. The molecule has 0 aliphatic rings. The number of nitrogens with one attached hydrogen (secondary N) is 2. The van der Waals surface area contributed by atoms with Crippen LogP contribution in [-0.4, -0.2) is 16.5 Å². The Balaban J connectivity index is 1.93. The number of nitrogens with zero attached hydrogens (tertiary/aromatic N) is 2. The average Bonchev–Trinajstić information content (AvgIpc) is 2.62. The van der Waals surface area contributed by atoms with Gasteiger partial charge in [0.15, 0.2) is 0 Å². The monoisotopic (exact) mass is 338 g/mol. The van der Waals surface area contributed by atoms with Gasteiger partial charge in [-0.3, -0.25) is 0 Å². The van der Waals surface area contributed by atoms with E-state index in [1.807, 2.05) is 60.7 Å². The van der Waals surface area contributed by atoms with Crippen LogP contribution >= 0.6 is 11.6 Å². The van der Waals surface area contributed by atoms with Crippen molar-refractivity contribution in [2.24, 2.45) is 0 Å². The first kappa shape index (κ1) is 16.3. The van der Waals surface area contributed by atoms with Gasteiger partial charge in [0.25, 0.3) is 0 Å². The highest BCUT2D eigenvalue weighted by Gasteiger charge is 2.07. The predicted molar refractivity (Wildman–Crippen MR) is 101 cm³/mol. The molecule has 0 atom stereocenters. The second-order valence-electron chi connectivity index (χ2n) is 5.39. The molecule has 2 aromatic carbocycles. The van der Waals surface area contributed by atoms with Gasteiger partial charge in [0.1, 0.15) is 5.82 Å². The van der Waals surface area contributed by atoms with Crippen LogP contribution in [0.1, 0.15) is 13.3 Å². The molecule has 0 bridgehead atoms. The van der Waals surface area contributed by atoms with E-state index in [9.17, 15) is 0 Å². The molecule has 0 aliphatic heterocycles. The summed E-state index contributed by atoms with van der Waals surface area (Å²) in [6.07, 6.45) is 1.03. The summed E-state index contributed by atoms with van der Waals surface area (Å²) < 4.78 is 0. The molecule has 0 saturated heterocycles. The van der Waals surface area contributed by atoms with Gasteiger partial charge >= 0.3 is 0 Å². The first-order chi connectivity index (χ1) is 11.7. The Morgan fingerprint density at radius 3 is 2.42 bits per heavy atom. The summed E-state index contributed by atoms with van der Waals surface area (Å²) >= 11 is 5.93. The van der Waals surface area contributed by atoms with Crippen molar-refractivity contribution in [3.8, 4) is 11.3 Å². The minimum Gasteiger partial charge on any atom is -0.370 e. The van der Waals surface area contributed by atoms with Gasteiger partial charge in [-0.25, -0.2) is 4.98 Å². The molecular weight excluding hydrogens is 320 g/mol. The fraction of sp³-hybridized carbons (Fsp3) is 0.158.